The molecule has 0 aliphatic heterocycles. The van der Waals surface area contributed by atoms with Crippen LogP contribution in [0.5, 0.6) is 11.5 Å². The van der Waals surface area contributed by atoms with Crippen molar-refractivity contribution in [3.63, 3.8) is 0 Å². The summed E-state index contributed by atoms with van der Waals surface area (Å²) in [6, 6.07) is 8.88. The molecule has 0 aliphatic rings. The Bertz CT molecular complexity index is 1070. The lowest BCUT2D eigenvalue weighted by Gasteiger charge is -2.09. The molecule has 0 radical (unpaired) electrons. The van der Waals surface area contributed by atoms with Gasteiger partial charge in [0.15, 0.2) is 23.0 Å². The van der Waals surface area contributed by atoms with Gasteiger partial charge in [0.25, 0.3) is 5.91 Å². The molecule has 0 aliphatic carbocycles. The van der Waals surface area contributed by atoms with E-state index in [4.69, 9.17) is 31.2 Å². The third-order valence-electron chi connectivity index (χ3n) is 4.48. The molecule has 172 valence electrons. The predicted molar refractivity (Wildman–Crippen MR) is 122 cm³/mol. The Labute approximate surface area is 196 Å². The summed E-state index contributed by atoms with van der Waals surface area (Å²) in [7, 11) is 1.54. The quantitative estimate of drug-likeness (QED) is 0.471. The number of benzene rings is 2. The first kappa shape index (κ1) is 25.5. The lowest BCUT2D eigenvalue weighted by molar-refractivity contribution is 0.0943. The number of nitrogens with one attached hydrogen (secondary N) is 1. The number of methoxy groups -OCH3 is 1. The molecule has 0 saturated carbocycles. The van der Waals surface area contributed by atoms with Crippen LogP contribution in [0.2, 0.25) is 5.02 Å². The van der Waals surface area contributed by atoms with E-state index in [0.717, 1.165) is 0 Å². The fourth-order valence-corrected chi connectivity index (χ4v) is 3.19. The Hall–Kier alpha value is -2.81. The molecule has 0 spiro atoms. The Morgan fingerprint density at radius 2 is 2.06 bits per heavy atom. The van der Waals surface area contributed by atoms with Crippen molar-refractivity contribution in [3.8, 4) is 23.0 Å². The summed E-state index contributed by atoms with van der Waals surface area (Å²) in [4.78, 5) is 17.1. The number of aromatic nitrogens is 1. The number of amides is 1. The number of halogens is 3. The molecule has 10 heteroatoms. The molecule has 1 aromatic heterocycles. The van der Waals surface area contributed by atoms with Crippen molar-refractivity contribution in [2.75, 3.05) is 13.7 Å². The zero-order valence-electron chi connectivity index (χ0n) is 17.8. The number of rotatable bonds is 8. The van der Waals surface area contributed by atoms with E-state index in [1.54, 1.807) is 38.3 Å². The second kappa shape index (κ2) is 11.2. The molecule has 1 unspecified atom stereocenters. The Morgan fingerprint density at radius 3 is 2.69 bits per heavy atom. The molecule has 3 aromatic rings. The van der Waals surface area contributed by atoms with E-state index in [-0.39, 0.29) is 46.9 Å². The van der Waals surface area contributed by atoms with Crippen molar-refractivity contribution in [3.05, 3.63) is 64.3 Å². The van der Waals surface area contributed by atoms with E-state index in [1.165, 1.54) is 12.1 Å². The topological polar surface area (TPSA) is 99.6 Å². The van der Waals surface area contributed by atoms with Crippen LogP contribution in [0.1, 0.15) is 41.7 Å². The molecule has 2 aromatic carbocycles. The van der Waals surface area contributed by atoms with Crippen LogP contribution in [-0.4, -0.2) is 24.6 Å². The number of hydrogen-bond acceptors (Lipinski definition) is 6. The first-order valence-corrected chi connectivity index (χ1v) is 10.0. The third-order valence-corrected chi connectivity index (χ3v) is 4.83. The van der Waals surface area contributed by atoms with E-state index in [0.29, 0.717) is 23.7 Å². The van der Waals surface area contributed by atoms with Gasteiger partial charge in [-0.3, -0.25) is 4.79 Å². The number of carbonyl (C=O) groups is 1. The molecule has 1 atom stereocenters. The molecule has 0 fully saturated rings. The highest BCUT2D eigenvalue weighted by Gasteiger charge is 2.24. The molecular formula is C22H24Cl2FN3O4. The average Bonchev–Trinajstić information content (AvgIpc) is 3.19. The lowest BCUT2D eigenvalue weighted by Crippen LogP contribution is -2.26. The van der Waals surface area contributed by atoms with E-state index >= 15 is 0 Å². The van der Waals surface area contributed by atoms with Crippen molar-refractivity contribution >= 4 is 29.9 Å². The van der Waals surface area contributed by atoms with Crippen LogP contribution in [0, 0.1) is 5.82 Å². The minimum Gasteiger partial charge on any atom is -0.493 e. The molecule has 3 N–H and O–H groups in total. The summed E-state index contributed by atoms with van der Waals surface area (Å²) in [5.74, 6) is 0.418. The van der Waals surface area contributed by atoms with Gasteiger partial charge in [-0.15, -0.1) is 12.4 Å². The monoisotopic (exact) mass is 483 g/mol. The zero-order valence-corrected chi connectivity index (χ0v) is 19.3. The number of nitrogens with two attached hydrogens (primary N) is 1. The van der Waals surface area contributed by atoms with Crippen LogP contribution in [0.15, 0.2) is 40.8 Å². The first-order valence-electron chi connectivity index (χ1n) is 9.64. The van der Waals surface area contributed by atoms with Gasteiger partial charge in [0, 0.05) is 22.7 Å². The summed E-state index contributed by atoms with van der Waals surface area (Å²) >= 11 is 6.02. The number of hydrogen-bond donors (Lipinski definition) is 2. The van der Waals surface area contributed by atoms with Gasteiger partial charge in [-0.1, -0.05) is 17.7 Å². The van der Waals surface area contributed by atoms with E-state index in [9.17, 15) is 9.18 Å². The largest absolute Gasteiger partial charge is 0.493 e. The Morgan fingerprint density at radius 1 is 1.31 bits per heavy atom. The number of oxazole rings is 1. The molecule has 1 heterocycles. The minimum absolute atomic E-state index is 0. The second-order valence-electron chi connectivity index (χ2n) is 6.70. The van der Waals surface area contributed by atoms with Gasteiger partial charge < -0.3 is 24.9 Å². The number of carbonyl (C=O) groups excluding carboxylic acids is 1. The second-order valence-corrected chi connectivity index (χ2v) is 7.11. The zero-order chi connectivity index (χ0) is 22.5. The van der Waals surface area contributed by atoms with Gasteiger partial charge in [-0.2, -0.15) is 0 Å². The summed E-state index contributed by atoms with van der Waals surface area (Å²) in [5.41, 5.74) is 6.77. The van der Waals surface area contributed by atoms with Crippen LogP contribution in [0.25, 0.3) is 11.5 Å². The lowest BCUT2D eigenvalue weighted by atomic mass is 10.2. The molecular weight excluding hydrogens is 460 g/mol. The molecule has 7 nitrogen and oxygen atoms in total. The standard InChI is InChI=1S/C22H23ClFN3O4.ClH/c1-4-30-18-10-13(8-9-17(18)29-3)22-27-19(20(31-22)12(2)25)21(28)26-11-14-15(23)6-5-7-16(14)24;/h5-10,12H,4,11,25H2,1-3H3,(H,26,28);1H. The predicted octanol–water partition coefficient (Wildman–Crippen LogP) is 4.91. The Balaban J connectivity index is 0.00000363. The van der Waals surface area contributed by atoms with Gasteiger partial charge in [-0.25, -0.2) is 9.37 Å². The maximum Gasteiger partial charge on any atom is 0.273 e. The highest BCUT2D eigenvalue weighted by atomic mass is 35.5. The molecule has 1 amide bonds. The van der Waals surface area contributed by atoms with Crippen LogP contribution in [-0.2, 0) is 6.54 Å². The van der Waals surface area contributed by atoms with Crippen molar-refractivity contribution in [2.24, 2.45) is 5.73 Å². The van der Waals surface area contributed by atoms with Gasteiger partial charge in [0.05, 0.1) is 19.8 Å². The summed E-state index contributed by atoms with van der Waals surface area (Å²) < 4.78 is 30.7. The highest BCUT2D eigenvalue weighted by molar-refractivity contribution is 6.31. The van der Waals surface area contributed by atoms with Gasteiger partial charge in [0.1, 0.15) is 5.82 Å². The molecule has 3 rings (SSSR count). The fourth-order valence-electron chi connectivity index (χ4n) is 2.96. The normalized spacial score (nSPS) is 11.4. The maximum absolute atomic E-state index is 14.0. The van der Waals surface area contributed by atoms with Crippen molar-refractivity contribution < 1.29 is 23.1 Å². The molecule has 0 bridgehead atoms. The smallest absolute Gasteiger partial charge is 0.273 e. The van der Waals surface area contributed by atoms with Crippen molar-refractivity contribution in [1.82, 2.24) is 10.3 Å². The third kappa shape index (κ3) is 5.51. The number of nitrogens with zero attached hydrogens (tertiary/aromatic N) is 1. The van der Waals surface area contributed by atoms with E-state index < -0.39 is 17.8 Å². The van der Waals surface area contributed by atoms with Crippen molar-refractivity contribution in [1.29, 1.82) is 0 Å². The van der Waals surface area contributed by atoms with Gasteiger partial charge in [0.2, 0.25) is 5.89 Å². The van der Waals surface area contributed by atoms with Gasteiger partial charge in [-0.05, 0) is 44.2 Å². The van der Waals surface area contributed by atoms with Crippen LogP contribution in [0.3, 0.4) is 0 Å². The number of ether oxygens (including phenoxy) is 2. The maximum atomic E-state index is 14.0. The van der Waals surface area contributed by atoms with Crippen LogP contribution < -0.4 is 20.5 Å². The minimum atomic E-state index is -0.594. The van der Waals surface area contributed by atoms with Gasteiger partial charge >= 0.3 is 0 Å². The Kier molecular flexibility index (Phi) is 8.89. The SMILES string of the molecule is CCOc1cc(-c2nc(C(=O)NCc3c(F)cccc3Cl)c(C(C)N)o2)ccc1OC.Cl. The first-order chi connectivity index (χ1) is 14.8. The van der Waals surface area contributed by atoms with E-state index in [1.807, 2.05) is 6.92 Å². The molecule has 32 heavy (non-hydrogen) atoms. The molecule has 0 saturated heterocycles. The average molecular weight is 484 g/mol. The van der Waals surface area contributed by atoms with Crippen LogP contribution >= 0.6 is 24.0 Å². The summed E-state index contributed by atoms with van der Waals surface area (Å²) in [6.45, 7) is 3.87. The summed E-state index contributed by atoms with van der Waals surface area (Å²) in [5, 5.41) is 2.84. The fraction of sp³-hybridized carbons (Fsp3) is 0.273. The van der Waals surface area contributed by atoms with E-state index in [2.05, 4.69) is 10.3 Å². The van der Waals surface area contributed by atoms with Crippen LogP contribution in [0.4, 0.5) is 4.39 Å². The van der Waals surface area contributed by atoms with Crippen molar-refractivity contribution in [2.45, 2.75) is 26.4 Å². The summed E-state index contributed by atoms with van der Waals surface area (Å²) in [6.07, 6.45) is 0. The highest BCUT2D eigenvalue weighted by Crippen LogP contribution is 2.33.